The van der Waals surface area contributed by atoms with E-state index < -0.39 is 0 Å². The minimum absolute atomic E-state index is 0.00568. The summed E-state index contributed by atoms with van der Waals surface area (Å²) in [6.07, 6.45) is 6.04. The van der Waals surface area contributed by atoms with Gasteiger partial charge in [0, 0.05) is 25.2 Å². The number of likely N-dealkylation sites (tertiary alicyclic amines) is 1. The number of hydrogen-bond donors (Lipinski definition) is 0. The van der Waals surface area contributed by atoms with Gasteiger partial charge in [0.25, 0.3) is 0 Å². The van der Waals surface area contributed by atoms with Crippen molar-refractivity contribution in [1.82, 2.24) is 14.7 Å². The molecule has 1 aromatic heterocycles. The molecule has 1 amide bonds. The summed E-state index contributed by atoms with van der Waals surface area (Å²) in [6.45, 7) is 3.81. The Morgan fingerprint density at radius 2 is 2.09 bits per heavy atom. The Morgan fingerprint density at radius 3 is 2.74 bits per heavy atom. The van der Waals surface area contributed by atoms with E-state index in [1.54, 1.807) is 23.9 Å². The molecule has 3 rings (SSSR count). The summed E-state index contributed by atoms with van der Waals surface area (Å²) >= 11 is 6.20. The van der Waals surface area contributed by atoms with E-state index in [0.29, 0.717) is 18.4 Å². The van der Waals surface area contributed by atoms with Gasteiger partial charge in [0.2, 0.25) is 5.91 Å². The lowest BCUT2D eigenvalue weighted by atomic mass is 10.0. The van der Waals surface area contributed by atoms with Gasteiger partial charge in [-0.3, -0.25) is 9.48 Å². The van der Waals surface area contributed by atoms with Gasteiger partial charge in [0.15, 0.2) is 6.29 Å². The average Bonchev–Trinajstić information content (AvgIpc) is 3.15. The van der Waals surface area contributed by atoms with Crippen LogP contribution in [0.15, 0.2) is 6.08 Å². The number of carbonyl (C=O) groups excluding carboxylic acids is 1. The zero-order chi connectivity index (χ0) is 16.4. The third-order valence-electron chi connectivity index (χ3n) is 4.38. The number of piperidine rings is 1. The molecule has 7 heteroatoms. The van der Waals surface area contributed by atoms with Gasteiger partial charge in [-0.25, -0.2) is 0 Å². The Morgan fingerprint density at radius 1 is 1.35 bits per heavy atom. The van der Waals surface area contributed by atoms with Crippen LogP contribution >= 0.6 is 11.6 Å². The molecule has 6 nitrogen and oxygen atoms in total. The third-order valence-corrected chi connectivity index (χ3v) is 4.83. The first-order valence-electron chi connectivity index (χ1n) is 7.99. The molecule has 0 aromatic carbocycles. The standard InChI is InChI=1S/C16H22ClN3O3/c1-11-12(15(17)19(2)18-11)6-7-14(21)20-8-4-3-5-13(20)16-22-9-10-23-16/h6-7,13,16H,3-5,8-10H2,1-2H3/b7-6+. The van der Waals surface area contributed by atoms with E-state index in [2.05, 4.69) is 5.10 Å². The number of aryl methyl sites for hydroxylation is 2. The summed E-state index contributed by atoms with van der Waals surface area (Å²) in [4.78, 5) is 14.5. The smallest absolute Gasteiger partial charge is 0.247 e. The van der Waals surface area contributed by atoms with E-state index >= 15 is 0 Å². The van der Waals surface area contributed by atoms with E-state index in [0.717, 1.165) is 37.1 Å². The lowest BCUT2D eigenvalue weighted by Crippen LogP contribution is -2.49. The van der Waals surface area contributed by atoms with Crippen LogP contribution in [0.2, 0.25) is 5.15 Å². The van der Waals surface area contributed by atoms with Crippen molar-refractivity contribution in [3.63, 3.8) is 0 Å². The molecule has 1 unspecified atom stereocenters. The Labute approximate surface area is 141 Å². The maximum atomic E-state index is 12.6. The molecular formula is C16H22ClN3O3. The molecule has 2 saturated heterocycles. The van der Waals surface area contributed by atoms with Gasteiger partial charge in [0.1, 0.15) is 5.15 Å². The van der Waals surface area contributed by atoms with Crippen LogP contribution in [0.5, 0.6) is 0 Å². The van der Waals surface area contributed by atoms with E-state index in [4.69, 9.17) is 21.1 Å². The third kappa shape index (κ3) is 3.44. The number of hydrogen-bond acceptors (Lipinski definition) is 4. The van der Waals surface area contributed by atoms with Crippen LogP contribution in [-0.4, -0.2) is 52.7 Å². The van der Waals surface area contributed by atoms with Crippen molar-refractivity contribution in [2.45, 2.75) is 38.5 Å². The number of rotatable bonds is 3. The molecule has 0 spiro atoms. The fraction of sp³-hybridized carbons (Fsp3) is 0.625. The minimum Gasteiger partial charge on any atom is -0.348 e. The molecule has 0 radical (unpaired) electrons. The highest BCUT2D eigenvalue weighted by Crippen LogP contribution is 2.25. The summed E-state index contributed by atoms with van der Waals surface area (Å²) < 4.78 is 12.8. The topological polar surface area (TPSA) is 56.6 Å². The van der Waals surface area contributed by atoms with Crippen molar-refractivity contribution in [2.75, 3.05) is 19.8 Å². The normalized spacial score (nSPS) is 23.1. The first-order chi connectivity index (χ1) is 11.1. The van der Waals surface area contributed by atoms with Gasteiger partial charge in [-0.2, -0.15) is 5.10 Å². The Balaban J connectivity index is 1.73. The zero-order valence-electron chi connectivity index (χ0n) is 13.5. The number of nitrogens with zero attached hydrogens (tertiary/aromatic N) is 3. The molecule has 2 aliphatic heterocycles. The molecule has 0 bridgehead atoms. The van der Waals surface area contributed by atoms with Crippen molar-refractivity contribution in [1.29, 1.82) is 0 Å². The maximum absolute atomic E-state index is 12.6. The average molecular weight is 340 g/mol. The van der Waals surface area contributed by atoms with Crippen LogP contribution < -0.4 is 0 Å². The molecule has 2 aliphatic rings. The van der Waals surface area contributed by atoms with Crippen LogP contribution in [0.3, 0.4) is 0 Å². The van der Waals surface area contributed by atoms with Crippen molar-refractivity contribution in [3.05, 3.63) is 22.5 Å². The Hall–Kier alpha value is -1.37. The van der Waals surface area contributed by atoms with E-state index in [1.165, 1.54) is 0 Å². The number of halogens is 1. The molecular weight excluding hydrogens is 318 g/mol. The van der Waals surface area contributed by atoms with Crippen LogP contribution in [0.25, 0.3) is 6.08 Å². The van der Waals surface area contributed by atoms with Gasteiger partial charge in [-0.1, -0.05) is 11.6 Å². The van der Waals surface area contributed by atoms with Gasteiger partial charge < -0.3 is 14.4 Å². The molecule has 1 atom stereocenters. The van der Waals surface area contributed by atoms with Gasteiger partial charge in [-0.05, 0) is 32.3 Å². The van der Waals surface area contributed by atoms with E-state index in [-0.39, 0.29) is 18.2 Å². The fourth-order valence-electron chi connectivity index (χ4n) is 3.20. The molecule has 0 saturated carbocycles. The van der Waals surface area contributed by atoms with Gasteiger partial charge >= 0.3 is 0 Å². The Bertz CT molecular complexity index is 608. The number of amides is 1. The molecule has 1 aromatic rings. The number of ether oxygens (including phenoxy) is 2. The van der Waals surface area contributed by atoms with Crippen molar-refractivity contribution < 1.29 is 14.3 Å². The second kappa shape index (κ2) is 7.03. The first-order valence-corrected chi connectivity index (χ1v) is 8.36. The van der Waals surface area contributed by atoms with Crippen molar-refractivity contribution in [3.8, 4) is 0 Å². The predicted molar refractivity (Wildman–Crippen MR) is 87.0 cm³/mol. The minimum atomic E-state index is -0.295. The highest BCUT2D eigenvalue weighted by molar-refractivity contribution is 6.31. The number of aromatic nitrogens is 2. The van der Waals surface area contributed by atoms with E-state index in [9.17, 15) is 4.79 Å². The summed E-state index contributed by atoms with van der Waals surface area (Å²) in [5.41, 5.74) is 1.59. The highest BCUT2D eigenvalue weighted by Gasteiger charge is 2.35. The lowest BCUT2D eigenvalue weighted by Gasteiger charge is -2.37. The quantitative estimate of drug-likeness (QED) is 0.792. The monoisotopic (exact) mass is 339 g/mol. The highest BCUT2D eigenvalue weighted by atomic mass is 35.5. The second-order valence-electron chi connectivity index (χ2n) is 5.95. The largest absolute Gasteiger partial charge is 0.348 e. The van der Waals surface area contributed by atoms with Crippen LogP contribution in [0, 0.1) is 6.92 Å². The molecule has 0 N–H and O–H groups in total. The first kappa shape index (κ1) is 16.5. The van der Waals surface area contributed by atoms with Gasteiger partial charge in [-0.15, -0.1) is 0 Å². The fourth-order valence-corrected chi connectivity index (χ4v) is 3.44. The molecule has 3 heterocycles. The second-order valence-corrected chi connectivity index (χ2v) is 6.31. The summed E-state index contributed by atoms with van der Waals surface area (Å²) in [6, 6.07) is -0.00568. The van der Waals surface area contributed by atoms with Crippen molar-refractivity contribution in [2.24, 2.45) is 7.05 Å². The summed E-state index contributed by atoms with van der Waals surface area (Å²) in [7, 11) is 1.78. The molecule has 0 aliphatic carbocycles. The maximum Gasteiger partial charge on any atom is 0.247 e. The van der Waals surface area contributed by atoms with Crippen molar-refractivity contribution >= 4 is 23.6 Å². The van der Waals surface area contributed by atoms with E-state index in [1.807, 2.05) is 11.8 Å². The van der Waals surface area contributed by atoms with Gasteiger partial charge in [0.05, 0.1) is 24.9 Å². The molecule has 126 valence electrons. The molecule has 23 heavy (non-hydrogen) atoms. The Kier molecular flexibility index (Phi) is 5.04. The lowest BCUT2D eigenvalue weighted by molar-refractivity contribution is -0.145. The summed E-state index contributed by atoms with van der Waals surface area (Å²) in [5.74, 6) is -0.0341. The SMILES string of the molecule is Cc1nn(C)c(Cl)c1/C=C/C(=O)N1CCCCC1C1OCCO1. The van der Waals surface area contributed by atoms with Crippen LogP contribution in [0.1, 0.15) is 30.5 Å². The zero-order valence-corrected chi connectivity index (χ0v) is 14.3. The molecule has 2 fully saturated rings. The predicted octanol–water partition coefficient (Wildman–Crippen LogP) is 2.15. The van der Waals surface area contributed by atoms with Crippen LogP contribution in [-0.2, 0) is 21.3 Å². The summed E-state index contributed by atoms with van der Waals surface area (Å²) in [5, 5.41) is 4.78. The number of carbonyl (C=O) groups is 1. The van der Waals surface area contributed by atoms with Crippen LogP contribution in [0.4, 0.5) is 0 Å².